The van der Waals surface area contributed by atoms with Crippen molar-refractivity contribution in [2.45, 2.75) is 13.0 Å². The van der Waals surface area contributed by atoms with E-state index >= 15 is 0 Å². The molecule has 0 fully saturated rings. The van der Waals surface area contributed by atoms with Gasteiger partial charge in [0.2, 0.25) is 0 Å². The number of nitrogens with one attached hydrogen (secondary N) is 1. The monoisotopic (exact) mass is 491 g/mol. The second-order valence-electron chi connectivity index (χ2n) is 7.42. The van der Waals surface area contributed by atoms with Gasteiger partial charge in [-0.15, -0.1) is 0 Å². The summed E-state index contributed by atoms with van der Waals surface area (Å²) in [6, 6.07) is 21.0. The summed E-state index contributed by atoms with van der Waals surface area (Å²) in [7, 11) is 0. The number of carbonyl (C=O) groups is 1. The molecule has 0 aliphatic carbocycles. The molecule has 32 heavy (non-hydrogen) atoms. The summed E-state index contributed by atoms with van der Waals surface area (Å²) in [5.41, 5.74) is 4.30. The van der Waals surface area contributed by atoms with Crippen LogP contribution in [0, 0.1) is 5.82 Å². The zero-order chi connectivity index (χ0) is 22.2. The maximum absolute atomic E-state index is 13.7. The van der Waals surface area contributed by atoms with Crippen LogP contribution in [0.4, 0.5) is 10.1 Å². The van der Waals surface area contributed by atoms with E-state index in [-0.39, 0.29) is 11.7 Å². The minimum Gasteiger partial charge on any atom is -0.494 e. The molecule has 0 bridgehead atoms. The van der Waals surface area contributed by atoms with Crippen LogP contribution in [-0.4, -0.2) is 22.7 Å². The van der Waals surface area contributed by atoms with Gasteiger partial charge in [0.15, 0.2) is 0 Å². The van der Waals surface area contributed by atoms with Crippen LogP contribution in [0.15, 0.2) is 77.3 Å². The second kappa shape index (κ2) is 8.24. The summed E-state index contributed by atoms with van der Waals surface area (Å²) in [5, 5.41) is 7.42. The van der Waals surface area contributed by atoms with Gasteiger partial charge >= 0.3 is 0 Å². The average Bonchev–Trinajstić information content (AvgIpc) is 3.35. The summed E-state index contributed by atoms with van der Waals surface area (Å²) in [5.74, 6) is 0.264. The number of H-pyrrole nitrogens is 1. The second-order valence-corrected chi connectivity index (χ2v) is 8.34. The van der Waals surface area contributed by atoms with Crippen LogP contribution in [0.25, 0.3) is 11.3 Å². The van der Waals surface area contributed by atoms with E-state index in [0.29, 0.717) is 18.0 Å². The van der Waals surface area contributed by atoms with Crippen LogP contribution in [0.3, 0.4) is 0 Å². The van der Waals surface area contributed by atoms with Crippen molar-refractivity contribution in [2.75, 3.05) is 11.5 Å². The minimum absolute atomic E-state index is 0.179. The zero-order valence-electron chi connectivity index (χ0n) is 17.2. The first kappa shape index (κ1) is 20.5. The highest BCUT2D eigenvalue weighted by molar-refractivity contribution is 9.10. The fraction of sp³-hybridized carbons (Fsp3) is 0.120. The molecule has 1 aliphatic heterocycles. The number of halogens is 2. The van der Waals surface area contributed by atoms with Crippen molar-refractivity contribution in [2.24, 2.45) is 0 Å². The van der Waals surface area contributed by atoms with Gasteiger partial charge in [-0.25, -0.2) is 4.39 Å². The first-order chi connectivity index (χ1) is 15.6. The Morgan fingerprint density at radius 3 is 2.38 bits per heavy atom. The topological polar surface area (TPSA) is 58.2 Å². The first-order valence-electron chi connectivity index (χ1n) is 10.2. The summed E-state index contributed by atoms with van der Waals surface area (Å²) >= 11 is 3.45. The number of amides is 1. The third kappa shape index (κ3) is 3.48. The number of aromatic nitrogens is 2. The minimum atomic E-state index is -0.445. The maximum Gasteiger partial charge on any atom is 0.277 e. The number of benzene rings is 3. The summed E-state index contributed by atoms with van der Waals surface area (Å²) in [6.07, 6.45) is 0. The van der Waals surface area contributed by atoms with Crippen LogP contribution in [-0.2, 0) is 0 Å². The lowest BCUT2D eigenvalue weighted by atomic mass is 9.96. The van der Waals surface area contributed by atoms with Crippen molar-refractivity contribution in [3.63, 3.8) is 0 Å². The Bertz CT molecular complexity index is 1270. The lowest BCUT2D eigenvalue weighted by Gasteiger charge is -2.26. The van der Waals surface area contributed by atoms with Crippen LogP contribution in [0.1, 0.15) is 34.6 Å². The van der Waals surface area contributed by atoms with Gasteiger partial charge in [-0.2, -0.15) is 5.10 Å². The SMILES string of the molecule is CCOc1ccc(-c2n[nH]c3c2[C@H](c2ccc(F)cc2)N(c2ccc(Br)cc2)C3=O)cc1. The molecule has 1 N–H and O–H groups in total. The number of nitrogens with zero attached hydrogens (tertiary/aromatic N) is 2. The Labute approximate surface area is 193 Å². The molecule has 1 aliphatic rings. The molecule has 160 valence electrons. The Morgan fingerprint density at radius 1 is 1.03 bits per heavy atom. The highest BCUT2D eigenvalue weighted by Gasteiger charge is 2.43. The number of anilines is 1. The average molecular weight is 492 g/mol. The summed E-state index contributed by atoms with van der Waals surface area (Å²) in [4.78, 5) is 15.2. The number of carbonyl (C=O) groups excluding carboxylic acids is 1. The van der Waals surface area contributed by atoms with Crippen molar-refractivity contribution < 1.29 is 13.9 Å². The van der Waals surface area contributed by atoms with Gasteiger partial charge in [-0.3, -0.25) is 14.8 Å². The van der Waals surface area contributed by atoms with E-state index < -0.39 is 6.04 Å². The fourth-order valence-corrected chi connectivity index (χ4v) is 4.34. The zero-order valence-corrected chi connectivity index (χ0v) is 18.8. The van der Waals surface area contributed by atoms with E-state index in [1.54, 1.807) is 17.0 Å². The van der Waals surface area contributed by atoms with Gasteiger partial charge in [0.25, 0.3) is 5.91 Å². The number of hydrogen-bond donors (Lipinski definition) is 1. The third-order valence-electron chi connectivity index (χ3n) is 5.50. The molecule has 0 radical (unpaired) electrons. The number of hydrogen-bond acceptors (Lipinski definition) is 3. The van der Waals surface area contributed by atoms with Crippen molar-refractivity contribution in [1.82, 2.24) is 10.2 Å². The first-order valence-corrected chi connectivity index (χ1v) is 11.0. The predicted molar refractivity (Wildman–Crippen MR) is 124 cm³/mol. The molecule has 0 unspecified atom stereocenters. The molecule has 3 aromatic carbocycles. The lowest BCUT2D eigenvalue weighted by molar-refractivity contribution is 0.0989. The maximum atomic E-state index is 13.7. The van der Waals surface area contributed by atoms with Gasteiger partial charge in [0.1, 0.15) is 17.3 Å². The summed E-state index contributed by atoms with van der Waals surface area (Å²) in [6.45, 7) is 2.52. The van der Waals surface area contributed by atoms with E-state index in [2.05, 4.69) is 26.1 Å². The van der Waals surface area contributed by atoms with Crippen LogP contribution < -0.4 is 9.64 Å². The Kier molecular flexibility index (Phi) is 5.27. The number of fused-ring (bicyclic) bond motifs is 1. The number of aromatic amines is 1. The van der Waals surface area contributed by atoms with Crippen LogP contribution in [0.2, 0.25) is 0 Å². The molecular formula is C25H19BrFN3O2. The molecule has 5 rings (SSSR count). The molecule has 5 nitrogen and oxygen atoms in total. The standard InChI is InChI=1S/C25H19BrFN3O2/c1-2-32-20-13-5-15(6-14-20)22-21-23(29-28-22)25(31)30(19-11-7-17(26)8-12-19)24(21)16-3-9-18(27)10-4-16/h3-14,24H,2H2,1H3,(H,28,29)/t24-/m0/s1. The van der Waals surface area contributed by atoms with E-state index in [1.165, 1.54) is 12.1 Å². The van der Waals surface area contributed by atoms with E-state index in [9.17, 15) is 9.18 Å². The van der Waals surface area contributed by atoms with Gasteiger partial charge in [-0.05, 0) is 73.2 Å². The van der Waals surface area contributed by atoms with Crippen molar-refractivity contribution in [3.8, 4) is 17.0 Å². The van der Waals surface area contributed by atoms with Crippen LogP contribution >= 0.6 is 15.9 Å². The van der Waals surface area contributed by atoms with E-state index in [0.717, 1.165) is 32.6 Å². The third-order valence-corrected chi connectivity index (χ3v) is 6.03. The highest BCUT2D eigenvalue weighted by Crippen LogP contribution is 2.45. The molecule has 4 aromatic rings. The van der Waals surface area contributed by atoms with Gasteiger partial charge in [-0.1, -0.05) is 28.1 Å². The van der Waals surface area contributed by atoms with Gasteiger partial charge < -0.3 is 4.74 Å². The fourth-order valence-electron chi connectivity index (χ4n) is 4.07. The van der Waals surface area contributed by atoms with Gasteiger partial charge in [0.05, 0.1) is 18.3 Å². The Morgan fingerprint density at radius 2 is 1.72 bits per heavy atom. The van der Waals surface area contributed by atoms with E-state index in [1.807, 2.05) is 55.5 Å². The molecule has 1 amide bonds. The van der Waals surface area contributed by atoms with Crippen molar-refractivity contribution >= 4 is 27.5 Å². The molecule has 1 aromatic heterocycles. The molecule has 7 heteroatoms. The van der Waals surface area contributed by atoms with Gasteiger partial charge in [0, 0.05) is 21.3 Å². The molecule has 0 saturated carbocycles. The van der Waals surface area contributed by atoms with Crippen LogP contribution in [0.5, 0.6) is 5.75 Å². The highest BCUT2D eigenvalue weighted by atomic mass is 79.9. The Hall–Kier alpha value is -3.45. The predicted octanol–water partition coefficient (Wildman–Crippen LogP) is 6.13. The van der Waals surface area contributed by atoms with Crippen molar-refractivity contribution in [1.29, 1.82) is 0 Å². The quantitative estimate of drug-likeness (QED) is 0.365. The summed E-state index contributed by atoms with van der Waals surface area (Å²) < 4.78 is 20.1. The number of ether oxygens (including phenoxy) is 1. The molecule has 0 saturated heterocycles. The lowest BCUT2D eigenvalue weighted by Crippen LogP contribution is -2.29. The van der Waals surface area contributed by atoms with Crippen molar-refractivity contribution in [3.05, 3.63) is 99.9 Å². The largest absolute Gasteiger partial charge is 0.494 e. The molecule has 1 atom stereocenters. The molecule has 0 spiro atoms. The van der Waals surface area contributed by atoms with E-state index in [4.69, 9.17) is 4.74 Å². The normalized spacial score (nSPS) is 15.2. The molecular weight excluding hydrogens is 473 g/mol. The Balaban J connectivity index is 1.66. The number of rotatable bonds is 5. The smallest absolute Gasteiger partial charge is 0.277 e. The molecule has 2 heterocycles.